The number of hydrogen-bond donors (Lipinski definition) is 2. The Morgan fingerprint density at radius 2 is 2.03 bits per heavy atom. The Morgan fingerprint density at radius 3 is 2.62 bits per heavy atom. The number of hydrogen-bond acceptors (Lipinski definition) is 5. The molecule has 2 aliphatic rings. The number of quaternary nitrogens is 1. The van der Waals surface area contributed by atoms with Crippen LogP contribution in [0.25, 0.3) is 0 Å². The van der Waals surface area contributed by atoms with Gasteiger partial charge in [-0.3, -0.25) is 0 Å². The minimum absolute atomic E-state index is 0.183. The molecular formula is C22H23FN5O+. The molecule has 4 atom stereocenters. The quantitative estimate of drug-likeness (QED) is 0.764. The molecule has 29 heavy (non-hydrogen) atoms. The Hall–Kier alpha value is -3.21. The molecule has 7 heteroatoms. The maximum atomic E-state index is 15.0. The molecule has 3 rings (SSSR count). The third kappa shape index (κ3) is 3.16. The Balaban J connectivity index is 2.27. The Morgan fingerprint density at radius 1 is 1.31 bits per heavy atom. The first-order valence-corrected chi connectivity index (χ1v) is 9.65. The lowest BCUT2D eigenvalue weighted by atomic mass is 9.54. The van der Waals surface area contributed by atoms with Crippen molar-refractivity contribution in [2.24, 2.45) is 17.3 Å². The lowest BCUT2D eigenvalue weighted by Crippen LogP contribution is -3.13. The second-order valence-corrected chi connectivity index (χ2v) is 7.59. The van der Waals surface area contributed by atoms with Gasteiger partial charge in [0.05, 0.1) is 50.7 Å². The van der Waals surface area contributed by atoms with Crippen molar-refractivity contribution < 1.29 is 14.0 Å². The van der Waals surface area contributed by atoms with Crippen LogP contribution in [-0.2, 0) is 0 Å². The molecule has 1 aromatic rings. The molecule has 0 saturated heterocycles. The smallest absolute Gasteiger partial charge is 0.190 e. The zero-order valence-corrected chi connectivity index (χ0v) is 16.5. The van der Waals surface area contributed by atoms with Gasteiger partial charge in [0.15, 0.2) is 5.41 Å². The summed E-state index contributed by atoms with van der Waals surface area (Å²) in [6.07, 6.45) is 2.91. The number of halogens is 1. The van der Waals surface area contributed by atoms with Crippen molar-refractivity contribution in [3.05, 3.63) is 41.2 Å². The number of fused-ring (bicyclic) bond motifs is 1. The zero-order chi connectivity index (χ0) is 21.2. The number of rotatable bonds is 4. The summed E-state index contributed by atoms with van der Waals surface area (Å²) in [7, 11) is 1.46. The first kappa shape index (κ1) is 20.5. The van der Waals surface area contributed by atoms with Crippen molar-refractivity contribution in [2.75, 3.05) is 26.7 Å². The molecule has 1 aliphatic carbocycles. The lowest BCUT2D eigenvalue weighted by Gasteiger charge is -2.46. The Kier molecular flexibility index (Phi) is 5.69. The summed E-state index contributed by atoms with van der Waals surface area (Å²) in [5, 5.41) is 38.4. The van der Waals surface area contributed by atoms with Crippen LogP contribution in [0.4, 0.5) is 4.39 Å². The molecule has 1 aliphatic heterocycles. The molecule has 1 aromatic carbocycles. The van der Waals surface area contributed by atoms with Gasteiger partial charge in [0.1, 0.15) is 17.5 Å². The van der Waals surface area contributed by atoms with E-state index < -0.39 is 23.1 Å². The molecular weight excluding hydrogens is 369 g/mol. The van der Waals surface area contributed by atoms with E-state index in [4.69, 9.17) is 10.1 Å². The fourth-order valence-corrected chi connectivity index (χ4v) is 4.75. The van der Waals surface area contributed by atoms with Gasteiger partial charge < -0.3 is 15.0 Å². The fourth-order valence-electron chi connectivity index (χ4n) is 4.75. The van der Waals surface area contributed by atoms with Crippen LogP contribution in [0.3, 0.4) is 0 Å². The Labute approximate surface area is 169 Å². The van der Waals surface area contributed by atoms with Gasteiger partial charge in [-0.25, -0.2) is 4.39 Å². The summed E-state index contributed by atoms with van der Waals surface area (Å²) in [6, 6.07) is 10.4. The molecule has 6 nitrogen and oxygen atoms in total. The number of nitrogens with one attached hydrogen (secondary N) is 2. The Bertz CT molecular complexity index is 966. The summed E-state index contributed by atoms with van der Waals surface area (Å²) >= 11 is 0. The van der Waals surface area contributed by atoms with E-state index in [1.165, 1.54) is 30.2 Å². The molecule has 1 saturated carbocycles. The van der Waals surface area contributed by atoms with Crippen LogP contribution >= 0.6 is 0 Å². The van der Waals surface area contributed by atoms with Gasteiger partial charge in [-0.15, -0.1) is 0 Å². The van der Waals surface area contributed by atoms with E-state index >= 15 is 0 Å². The van der Waals surface area contributed by atoms with Crippen molar-refractivity contribution in [1.29, 1.82) is 21.2 Å². The second-order valence-electron chi connectivity index (χ2n) is 7.59. The molecule has 0 amide bonds. The minimum atomic E-state index is -1.91. The van der Waals surface area contributed by atoms with E-state index in [1.54, 1.807) is 0 Å². The second kappa shape index (κ2) is 8.03. The van der Waals surface area contributed by atoms with Crippen LogP contribution in [0.1, 0.15) is 24.8 Å². The minimum Gasteiger partial charge on any atom is -0.497 e. The highest BCUT2D eigenvalue weighted by molar-refractivity contribution is 6.00. The van der Waals surface area contributed by atoms with Crippen molar-refractivity contribution >= 4 is 5.71 Å². The number of benzene rings is 1. The number of nitrogens with zero attached hydrogens (tertiary/aromatic N) is 3. The van der Waals surface area contributed by atoms with E-state index in [9.17, 15) is 20.2 Å². The highest BCUT2D eigenvalue weighted by atomic mass is 19.1. The zero-order valence-electron chi connectivity index (χ0n) is 16.5. The third-order valence-corrected chi connectivity index (χ3v) is 6.10. The predicted octanol–water partition coefficient (Wildman–Crippen LogP) is 1.98. The molecule has 0 bridgehead atoms. The van der Waals surface area contributed by atoms with Gasteiger partial charge in [-0.05, 0) is 41.8 Å². The van der Waals surface area contributed by atoms with Crippen LogP contribution in [0.2, 0.25) is 0 Å². The van der Waals surface area contributed by atoms with Gasteiger partial charge in [0.2, 0.25) is 0 Å². The van der Waals surface area contributed by atoms with Gasteiger partial charge in [-0.1, -0.05) is 6.92 Å². The molecule has 1 fully saturated rings. The van der Waals surface area contributed by atoms with Crippen LogP contribution in [0.5, 0.6) is 5.75 Å². The van der Waals surface area contributed by atoms with E-state index in [1.807, 2.05) is 18.2 Å². The van der Waals surface area contributed by atoms with Crippen LogP contribution in [0, 0.1) is 62.5 Å². The highest BCUT2D eigenvalue weighted by Crippen LogP contribution is 2.53. The SMILES string of the molecule is CCC[NH+]1CC=C2C(C#N)C(=N)C(C#N)(C#N)[C@H](c3cc(OC)ccc3F)[C@H]2C1. The lowest BCUT2D eigenvalue weighted by molar-refractivity contribution is -0.899. The summed E-state index contributed by atoms with van der Waals surface area (Å²) in [5.41, 5.74) is -1.27. The van der Waals surface area contributed by atoms with Gasteiger partial charge in [-0.2, -0.15) is 15.8 Å². The molecule has 1 heterocycles. The summed E-state index contributed by atoms with van der Waals surface area (Å²) in [6.45, 7) is 4.27. The average molecular weight is 392 g/mol. The summed E-state index contributed by atoms with van der Waals surface area (Å²) in [4.78, 5) is 1.25. The van der Waals surface area contributed by atoms with Crippen LogP contribution in [0.15, 0.2) is 29.8 Å². The molecule has 0 spiro atoms. The molecule has 148 valence electrons. The van der Waals surface area contributed by atoms with Crippen molar-refractivity contribution in [3.63, 3.8) is 0 Å². The van der Waals surface area contributed by atoms with Gasteiger partial charge >= 0.3 is 0 Å². The third-order valence-electron chi connectivity index (χ3n) is 6.10. The molecule has 0 aromatic heterocycles. The van der Waals surface area contributed by atoms with Gasteiger partial charge in [0.25, 0.3) is 0 Å². The summed E-state index contributed by atoms with van der Waals surface area (Å²) < 4.78 is 20.2. The molecule has 2 N–H and O–H groups in total. The monoisotopic (exact) mass is 392 g/mol. The van der Waals surface area contributed by atoms with Crippen LogP contribution < -0.4 is 9.64 Å². The standard InChI is InChI=1S/C22H22FN5O/c1-3-7-28-8-6-15-17(10-24)21(27)22(12-25,13-26)20(18(15)11-28)16-9-14(29-2)4-5-19(16)23/h4-6,9,17-18,20,27H,3,7-8,11H2,1-2H3/p+1/t17?,18-,20+/m0/s1. The fraction of sp³-hybridized carbons (Fsp3) is 0.455. The van der Waals surface area contributed by atoms with E-state index in [2.05, 4.69) is 13.0 Å². The first-order chi connectivity index (χ1) is 14.0. The number of methoxy groups -OCH3 is 1. The van der Waals surface area contributed by atoms with E-state index in [0.29, 0.717) is 18.8 Å². The van der Waals surface area contributed by atoms with Crippen molar-refractivity contribution in [2.45, 2.75) is 19.3 Å². The normalized spacial score (nSPS) is 27.6. The average Bonchev–Trinajstić information content (AvgIpc) is 2.74. The number of nitriles is 3. The van der Waals surface area contributed by atoms with E-state index in [0.717, 1.165) is 18.5 Å². The first-order valence-electron chi connectivity index (χ1n) is 9.65. The highest BCUT2D eigenvalue weighted by Gasteiger charge is 2.59. The largest absolute Gasteiger partial charge is 0.497 e. The molecule has 2 unspecified atom stereocenters. The van der Waals surface area contributed by atoms with E-state index in [-0.39, 0.29) is 17.2 Å². The van der Waals surface area contributed by atoms with Gasteiger partial charge in [0, 0.05) is 11.8 Å². The maximum absolute atomic E-state index is 15.0. The maximum Gasteiger partial charge on any atom is 0.190 e. The van der Waals surface area contributed by atoms with Crippen LogP contribution in [-0.4, -0.2) is 32.5 Å². The predicted molar refractivity (Wildman–Crippen MR) is 104 cm³/mol. The topological polar surface area (TPSA) is 109 Å². The summed E-state index contributed by atoms with van der Waals surface area (Å²) in [5.74, 6) is -2.34. The molecule has 0 radical (unpaired) electrons. The van der Waals surface area contributed by atoms with Crippen molar-refractivity contribution in [1.82, 2.24) is 0 Å². The number of ether oxygens (including phenoxy) is 1. The van der Waals surface area contributed by atoms with Crippen molar-refractivity contribution in [3.8, 4) is 24.0 Å².